The number of aryl methyl sites for hydroxylation is 1. The average Bonchev–Trinajstić information content (AvgIpc) is 3.79. The lowest BCUT2D eigenvalue weighted by atomic mass is 9.64. The number of allylic oxidation sites excluding steroid dienone is 13. The normalized spacial score (nSPS) is 16.5. The molecule has 74 heavy (non-hydrogen) atoms. The number of methoxy groups -OCH3 is 1. The van der Waals surface area contributed by atoms with Crippen molar-refractivity contribution in [2.24, 2.45) is 11.8 Å². The van der Waals surface area contributed by atoms with Crippen LogP contribution in [0.1, 0.15) is 5.56 Å². The Balaban J connectivity index is 1.04. The van der Waals surface area contributed by atoms with Crippen molar-refractivity contribution in [1.29, 1.82) is 0 Å². The standard InChI is InChI=1S/C70H49N3O/c1-44-24-31-54(32-25-44)71(65-41-50-16-8-12-45-26-28-47-14-10-21-60(65)69(47)67(45)50)56-38-52(49-30-37-64-62(40-49)59-20-6-7-23-63(59)73(64)53-18-4-3-5-19-53)39-57(43-56)72(55-33-35-58(74-2)36-34-55)66-42-51-17-9-13-46-27-29-48-15-11-22-61(66)70(48)68(46)51/h3-43,68,70H,1-2H3. The van der Waals surface area contributed by atoms with Crippen LogP contribution in [0.25, 0.3) is 70.9 Å². The quantitative estimate of drug-likeness (QED) is 0.135. The minimum atomic E-state index is 0.184. The van der Waals surface area contributed by atoms with Gasteiger partial charge in [-0.05, 0) is 164 Å². The van der Waals surface area contributed by atoms with E-state index < -0.39 is 0 Å². The van der Waals surface area contributed by atoms with E-state index in [9.17, 15) is 0 Å². The molecule has 350 valence electrons. The highest BCUT2D eigenvalue weighted by Crippen LogP contribution is 2.53. The number of anilines is 5. The van der Waals surface area contributed by atoms with Gasteiger partial charge in [-0.1, -0.05) is 157 Å². The highest BCUT2D eigenvalue weighted by molar-refractivity contribution is 6.26. The lowest BCUT2D eigenvalue weighted by molar-refractivity contribution is 0.415. The number of nitrogens with zero attached hydrogens (tertiary/aromatic N) is 3. The first-order chi connectivity index (χ1) is 36.5. The first kappa shape index (κ1) is 42.3. The molecule has 0 bridgehead atoms. The number of fused-ring (bicyclic) bond motifs is 3. The fraction of sp³-hybridized carbons (Fsp3) is 0.0571. The summed E-state index contributed by atoms with van der Waals surface area (Å²) in [6.45, 7) is 2.17. The van der Waals surface area contributed by atoms with Crippen molar-refractivity contribution < 1.29 is 4.74 Å². The smallest absolute Gasteiger partial charge is 0.119 e. The molecule has 1 heterocycles. The van der Waals surface area contributed by atoms with Gasteiger partial charge in [0, 0.05) is 56.4 Å². The maximum Gasteiger partial charge on any atom is 0.119 e. The zero-order valence-electron chi connectivity index (χ0n) is 41.1. The average molecular weight is 948 g/mol. The van der Waals surface area contributed by atoms with E-state index in [2.05, 4.69) is 270 Å². The van der Waals surface area contributed by atoms with E-state index in [1.54, 1.807) is 7.11 Å². The molecular weight excluding hydrogens is 899 g/mol. The molecule has 2 unspecified atom stereocenters. The van der Waals surface area contributed by atoms with Gasteiger partial charge in [-0.25, -0.2) is 0 Å². The van der Waals surface area contributed by atoms with Gasteiger partial charge in [0.1, 0.15) is 5.75 Å². The predicted molar refractivity (Wildman–Crippen MR) is 310 cm³/mol. The summed E-state index contributed by atoms with van der Waals surface area (Å²) in [6.07, 6.45) is 20.8. The minimum absolute atomic E-state index is 0.184. The number of benzene rings is 10. The Morgan fingerprint density at radius 1 is 0.446 bits per heavy atom. The predicted octanol–water partition coefficient (Wildman–Crippen LogP) is 18.3. The highest BCUT2D eigenvalue weighted by atomic mass is 16.5. The Labute approximate surface area is 430 Å². The van der Waals surface area contributed by atoms with Crippen LogP contribution in [0.2, 0.25) is 0 Å². The molecule has 0 amide bonds. The third-order valence-corrected chi connectivity index (χ3v) is 16.0. The van der Waals surface area contributed by atoms with Gasteiger partial charge in [0.2, 0.25) is 0 Å². The van der Waals surface area contributed by atoms with Gasteiger partial charge in [-0.15, -0.1) is 0 Å². The van der Waals surface area contributed by atoms with Crippen molar-refractivity contribution in [2.75, 3.05) is 16.9 Å². The second kappa shape index (κ2) is 16.6. The molecule has 4 aliphatic rings. The van der Waals surface area contributed by atoms with Crippen molar-refractivity contribution in [2.45, 2.75) is 6.92 Å². The second-order valence-electron chi connectivity index (χ2n) is 20.1. The lowest BCUT2D eigenvalue weighted by Gasteiger charge is -2.43. The third kappa shape index (κ3) is 6.54. The van der Waals surface area contributed by atoms with Crippen molar-refractivity contribution in [3.8, 4) is 22.6 Å². The molecule has 0 saturated heterocycles. The van der Waals surface area contributed by atoms with Gasteiger partial charge in [-0.3, -0.25) is 0 Å². The molecule has 15 rings (SSSR count). The van der Waals surface area contributed by atoms with Crippen LogP contribution in [0.4, 0.5) is 28.4 Å². The number of aromatic nitrogens is 1. The second-order valence-corrected chi connectivity index (χ2v) is 20.1. The zero-order valence-corrected chi connectivity index (χ0v) is 41.1. The number of hydrogen-bond donors (Lipinski definition) is 0. The first-order valence-electron chi connectivity index (χ1n) is 25.7. The minimum Gasteiger partial charge on any atom is -0.497 e. The van der Waals surface area contributed by atoms with Crippen molar-refractivity contribution >= 4 is 82.6 Å². The molecule has 2 atom stereocenters. The van der Waals surface area contributed by atoms with Crippen LogP contribution < -0.4 is 14.5 Å². The Morgan fingerprint density at radius 3 is 1.92 bits per heavy atom. The van der Waals surface area contributed by atoms with Gasteiger partial charge in [0.05, 0.1) is 29.5 Å². The van der Waals surface area contributed by atoms with Crippen molar-refractivity contribution in [3.05, 3.63) is 282 Å². The summed E-state index contributed by atoms with van der Waals surface area (Å²) in [6, 6.07) is 71.9. The lowest BCUT2D eigenvalue weighted by Crippen LogP contribution is -2.32. The fourth-order valence-electron chi connectivity index (χ4n) is 12.6. The fourth-order valence-corrected chi connectivity index (χ4v) is 12.6. The summed E-state index contributed by atoms with van der Waals surface area (Å²) in [5, 5.41) is 9.92. The van der Waals surface area contributed by atoms with E-state index in [0.29, 0.717) is 0 Å². The third-order valence-electron chi connectivity index (χ3n) is 16.0. The highest BCUT2D eigenvalue weighted by Gasteiger charge is 2.40. The molecule has 4 aliphatic carbocycles. The molecule has 0 spiro atoms. The molecule has 0 radical (unpaired) electrons. The van der Waals surface area contributed by atoms with Crippen LogP contribution >= 0.6 is 0 Å². The molecule has 0 fully saturated rings. The van der Waals surface area contributed by atoms with E-state index in [1.807, 2.05) is 0 Å². The van der Waals surface area contributed by atoms with Crippen molar-refractivity contribution in [1.82, 2.24) is 4.57 Å². The summed E-state index contributed by atoms with van der Waals surface area (Å²) in [5.41, 5.74) is 18.8. The van der Waals surface area contributed by atoms with Gasteiger partial charge in [-0.2, -0.15) is 0 Å². The molecule has 0 saturated carbocycles. The molecule has 11 aromatic rings. The van der Waals surface area contributed by atoms with Crippen LogP contribution in [-0.4, -0.2) is 11.7 Å². The number of hydrogen-bond acceptors (Lipinski definition) is 3. The summed E-state index contributed by atoms with van der Waals surface area (Å²) in [7, 11) is 1.74. The number of ether oxygens (including phenoxy) is 1. The van der Waals surface area contributed by atoms with Crippen molar-refractivity contribution in [3.63, 3.8) is 0 Å². The summed E-state index contributed by atoms with van der Waals surface area (Å²) in [4.78, 5) is 5.00. The Morgan fingerprint density at radius 2 is 1.11 bits per heavy atom. The van der Waals surface area contributed by atoms with Gasteiger partial charge in [0.25, 0.3) is 0 Å². The van der Waals surface area contributed by atoms with E-state index in [4.69, 9.17) is 4.74 Å². The maximum absolute atomic E-state index is 5.81. The van der Waals surface area contributed by atoms with E-state index in [1.165, 1.54) is 82.0 Å². The van der Waals surface area contributed by atoms with Crippen LogP contribution in [0.3, 0.4) is 0 Å². The summed E-state index contributed by atoms with van der Waals surface area (Å²) in [5.74, 6) is 1.26. The van der Waals surface area contributed by atoms with Crippen LogP contribution in [-0.2, 0) is 0 Å². The molecule has 10 aromatic carbocycles. The van der Waals surface area contributed by atoms with Gasteiger partial charge in [0.15, 0.2) is 0 Å². The topological polar surface area (TPSA) is 20.6 Å². The summed E-state index contributed by atoms with van der Waals surface area (Å²) < 4.78 is 8.21. The largest absolute Gasteiger partial charge is 0.497 e. The first-order valence-corrected chi connectivity index (χ1v) is 25.7. The summed E-state index contributed by atoms with van der Waals surface area (Å²) >= 11 is 0. The molecule has 4 nitrogen and oxygen atoms in total. The molecular formula is C70H49N3O. The van der Waals surface area contributed by atoms with Crippen LogP contribution in [0.5, 0.6) is 5.75 Å². The number of rotatable bonds is 9. The number of para-hydroxylation sites is 2. The Kier molecular flexibility index (Phi) is 9.49. The van der Waals surface area contributed by atoms with Gasteiger partial charge >= 0.3 is 0 Å². The van der Waals surface area contributed by atoms with Gasteiger partial charge < -0.3 is 19.1 Å². The monoisotopic (exact) mass is 947 g/mol. The molecule has 0 aliphatic heterocycles. The van der Waals surface area contributed by atoms with E-state index in [0.717, 1.165) is 56.7 Å². The zero-order chi connectivity index (χ0) is 49.0. The Hall–Kier alpha value is -9.38. The molecule has 1 aromatic heterocycles. The SMILES string of the molecule is COc1ccc(N(C2=C3C=CC=C4C=CC5=CC=CC(=C2)C5C43)c2cc(-c3ccc4c(c3)c3ccccc3n4-c3ccccc3)cc(N(c3ccc(C)cc3)c3cc4cccc5ccc6cccc3c6c54)c2)cc1. The van der Waals surface area contributed by atoms with E-state index in [-0.39, 0.29) is 11.8 Å². The molecule has 4 heteroatoms. The maximum atomic E-state index is 5.81. The van der Waals surface area contributed by atoms with Crippen LogP contribution in [0.15, 0.2) is 277 Å². The van der Waals surface area contributed by atoms with E-state index >= 15 is 0 Å². The van der Waals surface area contributed by atoms with Crippen LogP contribution in [0, 0.1) is 18.8 Å². The Bertz CT molecular complexity index is 4350. The molecule has 0 N–H and O–H groups in total.